The molecule has 2 N–H and O–H groups in total. The molecule has 0 saturated heterocycles. The van der Waals surface area contributed by atoms with E-state index >= 15 is 0 Å². The van der Waals surface area contributed by atoms with Crippen molar-refractivity contribution in [2.75, 3.05) is 0 Å². The second-order valence-corrected chi connectivity index (χ2v) is 6.81. The van der Waals surface area contributed by atoms with Crippen molar-refractivity contribution in [1.29, 1.82) is 0 Å². The van der Waals surface area contributed by atoms with Gasteiger partial charge in [0.1, 0.15) is 12.3 Å². The van der Waals surface area contributed by atoms with Crippen molar-refractivity contribution in [2.45, 2.75) is 6.54 Å². The fourth-order valence-electron chi connectivity index (χ4n) is 2.29. The smallest absolute Gasteiger partial charge is 0.323 e. The van der Waals surface area contributed by atoms with Gasteiger partial charge >= 0.3 is 5.97 Å². The maximum absolute atomic E-state index is 10.9. The van der Waals surface area contributed by atoms with Crippen LogP contribution in [0.1, 0.15) is 10.4 Å². The van der Waals surface area contributed by atoms with Gasteiger partial charge in [-0.15, -0.1) is 16.4 Å². The number of aliphatic carboxylic acids is 1. The summed E-state index contributed by atoms with van der Waals surface area (Å²) in [4.78, 5) is 21.6. The van der Waals surface area contributed by atoms with Crippen LogP contribution in [0.3, 0.4) is 0 Å². The molecule has 0 amide bonds. The van der Waals surface area contributed by atoms with Crippen LogP contribution < -0.4 is 0 Å². The summed E-state index contributed by atoms with van der Waals surface area (Å²) in [6.07, 6.45) is 3.00. The van der Waals surface area contributed by atoms with Gasteiger partial charge < -0.3 is 10.2 Å². The van der Waals surface area contributed by atoms with Gasteiger partial charge in [0.15, 0.2) is 3.95 Å². The van der Waals surface area contributed by atoms with Crippen molar-refractivity contribution in [3.8, 4) is 5.88 Å². The van der Waals surface area contributed by atoms with Crippen molar-refractivity contribution in [1.82, 2.24) is 4.57 Å². The average molecular weight is 390 g/mol. The molecule has 132 valence electrons. The molecule has 0 fully saturated rings. The average Bonchev–Trinajstić information content (AvgIpc) is 3.15. The van der Waals surface area contributed by atoms with E-state index in [1.54, 1.807) is 12.1 Å². The van der Waals surface area contributed by atoms with Gasteiger partial charge in [-0.2, -0.15) is 5.10 Å². The summed E-state index contributed by atoms with van der Waals surface area (Å²) in [6, 6.07) is 5.94. The minimum atomic E-state index is -1.13. The van der Waals surface area contributed by atoms with Crippen LogP contribution in [0.4, 0.5) is 5.69 Å². The molecule has 1 aromatic carbocycles. The molecule has 0 aliphatic carbocycles. The molecule has 1 aliphatic heterocycles. The van der Waals surface area contributed by atoms with Gasteiger partial charge in [0.2, 0.25) is 5.88 Å². The minimum Gasteiger partial charge on any atom is -0.493 e. The number of nitrogens with zero attached hydrogens (tertiary/aromatic N) is 4. The molecule has 2 aromatic rings. The Balaban J connectivity index is 2.00. The SMILES string of the molecule is O=C(O)Cn1c(O)c(/C=C2/C=NN=C2c2cccc([N+](=O)[O-])c2)sc1=S. The molecule has 9 nitrogen and oxygen atoms in total. The van der Waals surface area contributed by atoms with Crippen molar-refractivity contribution >= 4 is 53.2 Å². The summed E-state index contributed by atoms with van der Waals surface area (Å²) < 4.78 is 1.31. The predicted molar refractivity (Wildman–Crippen MR) is 98.5 cm³/mol. The highest BCUT2D eigenvalue weighted by Crippen LogP contribution is 2.30. The topological polar surface area (TPSA) is 130 Å². The van der Waals surface area contributed by atoms with Crippen LogP contribution in [0.2, 0.25) is 0 Å². The van der Waals surface area contributed by atoms with E-state index in [9.17, 15) is 20.0 Å². The summed E-state index contributed by atoms with van der Waals surface area (Å²) in [7, 11) is 0. The number of benzene rings is 1. The highest BCUT2D eigenvalue weighted by atomic mass is 32.1. The first-order valence-electron chi connectivity index (χ1n) is 7.09. The number of hydrogen-bond donors (Lipinski definition) is 2. The van der Waals surface area contributed by atoms with Gasteiger partial charge in [0.25, 0.3) is 5.69 Å². The lowest BCUT2D eigenvalue weighted by Gasteiger charge is -2.03. The highest BCUT2D eigenvalue weighted by molar-refractivity contribution is 7.73. The Hall–Kier alpha value is -3.18. The van der Waals surface area contributed by atoms with Crippen LogP contribution in [0.25, 0.3) is 6.08 Å². The van der Waals surface area contributed by atoms with Gasteiger partial charge in [-0.05, 0) is 18.3 Å². The number of nitro benzene ring substituents is 1. The zero-order valence-electron chi connectivity index (χ0n) is 12.9. The zero-order valence-corrected chi connectivity index (χ0v) is 14.5. The zero-order chi connectivity index (χ0) is 18.8. The highest BCUT2D eigenvalue weighted by Gasteiger charge is 2.19. The predicted octanol–water partition coefficient (Wildman–Crippen LogP) is 2.85. The quantitative estimate of drug-likeness (QED) is 0.459. The first-order chi connectivity index (χ1) is 12.4. The van der Waals surface area contributed by atoms with E-state index in [2.05, 4.69) is 10.2 Å². The Kier molecular flexibility index (Phi) is 4.73. The van der Waals surface area contributed by atoms with E-state index < -0.39 is 17.4 Å². The molecular weight excluding hydrogens is 380 g/mol. The number of carboxylic acid groups (broad SMARTS) is 1. The van der Waals surface area contributed by atoms with Gasteiger partial charge in [0, 0.05) is 23.3 Å². The molecule has 0 radical (unpaired) electrons. The van der Waals surface area contributed by atoms with Gasteiger partial charge in [-0.1, -0.05) is 12.1 Å². The maximum atomic E-state index is 10.9. The summed E-state index contributed by atoms with van der Waals surface area (Å²) in [5.41, 5.74) is 1.33. The second-order valence-electron chi connectivity index (χ2n) is 5.14. The number of nitro groups is 1. The van der Waals surface area contributed by atoms with Crippen LogP contribution in [-0.4, -0.2) is 37.6 Å². The lowest BCUT2D eigenvalue weighted by Crippen LogP contribution is -2.08. The van der Waals surface area contributed by atoms with Crippen LogP contribution in [-0.2, 0) is 11.3 Å². The molecule has 11 heteroatoms. The normalized spacial score (nSPS) is 14.6. The summed E-state index contributed by atoms with van der Waals surface area (Å²) >= 11 is 6.12. The molecule has 2 heterocycles. The summed E-state index contributed by atoms with van der Waals surface area (Å²) in [5.74, 6) is -1.40. The summed E-state index contributed by atoms with van der Waals surface area (Å²) in [6.45, 7) is -0.454. The molecule has 0 bridgehead atoms. The number of aromatic hydroxyl groups is 1. The van der Waals surface area contributed by atoms with E-state index in [4.69, 9.17) is 17.3 Å². The van der Waals surface area contributed by atoms with E-state index in [1.165, 1.54) is 24.4 Å². The molecule has 1 aliphatic rings. The third-order valence-corrected chi connectivity index (χ3v) is 4.82. The fourth-order valence-corrected chi connectivity index (χ4v) is 3.55. The molecular formula is C15H10N4O5S2. The molecule has 26 heavy (non-hydrogen) atoms. The van der Waals surface area contributed by atoms with Gasteiger partial charge in [-0.25, -0.2) is 0 Å². The first kappa shape index (κ1) is 17.6. The van der Waals surface area contributed by atoms with Crippen molar-refractivity contribution in [3.63, 3.8) is 0 Å². The van der Waals surface area contributed by atoms with Crippen LogP contribution in [0, 0.1) is 14.1 Å². The molecule has 3 rings (SSSR count). The number of thiazole rings is 1. The number of carboxylic acids is 1. The number of allylic oxidation sites excluding steroid dienone is 1. The lowest BCUT2D eigenvalue weighted by molar-refractivity contribution is -0.384. The Morgan fingerprint density at radius 2 is 2.23 bits per heavy atom. The van der Waals surface area contributed by atoms with Crippen molar-refractivity contribution in [3.05, 3.63) is 54.3 Å². The largest absolute Gasteiger partial charge is 0.493 e. The summed E-state index contributed by atoms with van der Waals surface area (Å²) in [5, 5.41) is 37.8. The van der Waals surface area contributed by atoms with Gasteiger partial charge in [-0.3, -0.25) is 19.5 Å². The molecule has 0 spiro atoms. The third-order valence-electron chi connectivity index (χ3n) is 3.43. The van der Waals surface area contributed by atoms with Crippen molar-refractivity contribution in [2.24, 2.45) is 10.2 Å². The van der Waals surface area contributed by atoms with E-state index in [0.29, 0.717) is 21.7 Å². The van der Waals surface area contributed by atoms with Crippen LogP contribution in [0.5, 0.6) is 5.88 Å². The second kappa shape index (κ2) is 6.98. The Bertz CT molecular complexity index is 1060. The Morgan fingerprint density at radius 3 is 2.92 bits per heavy atom. The third kappa shape index (κ3) is 3.43. The number of carbonyl (C=O) groups is 1. The standard InChI is InChI=1S/C15H10N4O5S2/c20-12(21)7-18-14(22)11(26-15(18)25)5-9-6-16-17-13(9)8-2-1-3-10(4-8)19(23)24/h1-6,22H,7H2,(H,20,21)/b9-5-. The number of non-ortho nitro benzene ring substituents is 1. The number of aromatic nitrogens is 1. The monoisotopic (exact) mass is 390 g/mol. The van der Waals surface area contributed by atoms with Crippen molar-refractivity contribution < 1.29 is 19.9 Å². The van der Waals surface area contributed by atoms with Gasteiger partial charge in [0.05, 0.1) is 16.0 Å². The first-order valence-corrected chi connectivity index (χ1v) is 8.31. The maximum Gasteiger partial charge on any atom is 0.323 e. The Labute approximate surface area is 155 Å². The lowest BCUT2D eigenvalue weighted by atomic mass is 10.0. The Morgan fingerprint density at radius 1 is 1.46 bits per heavy atom. The minimum absolute atomic E-state index is 0.0810. The van der Waals surface area contributed by atoms with E-state index in [0.717, 1.165) is 15.9 Å². The van der Waals surface area contributed by atoms with Crippen LogP contribution in [0.15, 0.2) is 40.0 Å². The molecule has 0 saturated carbocycles. The van der Waals surface area contributed by atoms with Crippen LogP contribution >= 0.6 is 23.6 Å². The van der Waals surface area contributed by atoms with E-state index in [1.807, 2.05) is 0 Å². The number of hydrogen-bond acceptors (Lipinski definition) is 8. The molecule has 0 atom stereocenters. The molecule has 0 unspecified atom stereocenters. The van der Waals surface area contributed by atoms with E-state index in [-0.39, 0.29) is 15.5 Å². The number of rotatable bonds is 5. The molecule has 1 aromatic heterocycles. The fraction of sp³-hybridized carbons (Fsp3) is 0.0667.